The highest BCUT2D eigenvalue weighted by atomic mass is 14.1. The molecule has 0 spiro atoms. The summed E-state index contributed by atoms with van der Waals surface area (Å²) in [6.07, 6.45) is 0. The molecule has 0 heterocycles. The molecule has 0 unspecified atom stereocenters. The molecule has 4 aromatic rings. The van der Waals surface area contributed by atoms with Gasteiger partial charge in [-0.1, -0.05) is 81.6 Å². The molecule has 0 saturated carbocycles. The van der Waals surface area contributed by atoms with E-state index < -0.39 is 0 Å². The van der Waals surface area contributed by atoms with Gasteiger partial charge < -0.3 is 0 Å². The summed E-state index contributed by atoms with van der Waals surface area (Å²) >= 11 is 0. The maximum Gasteiger partial charge on any atom is -0.00266 e. The van der Waals surface area contributed by atoms with E-state index in [9.17, 15) is 0 Å². The average Bonchev–Trinajstić information content (AvgIpc) is 2.47. The number of aryl methyl sites for hydroxylation is 1. The Labute approximate surface area is 127 Å². The minimum atomic E-state index is 0. The first kappa shape index (κ1) is 15.1. The fourth-order valence-corrected chi connectivity index (χ4v) is 3.07. The number of rotatable bonds is 0. The Kier molecular flexibility index (Phi) is 3.99. The molecule has 0 aromatic heterocycles. The van der Waals surface area contributed by atoms with Gasteiger partial charge in [-0.2, -0.15) is 0 Å². The highest BCUT2D eigenvalue weighted by molar-refractivity contribution is 6.20. The second-order valence-electron chi connectivity index (χ2n) is 5.12. The molecule has 4 rings (SSSR count). The van der Waals surface area contributed by atoms with Crippen LogP contribution in [0.25, 0.3) is 32.3 Å². The quantitative estimate of drug-likeness (QED) is 0.312. The van der Waals surface area contributed by atoms with E-state index in [1.54, 1.807) is 0 Å². The Hall–Kier alpha value is -2.34. The fourth-order valence-electron chi connectivity index (χ4n) is 3.07. The lowest BCUT2D eigenvalue weighted by atomic mass is 9.94. The standard InChI is InChI=1S/C19H14.2CH4/c1-13-12-15-11-10-14-6-2-3-8-17(14)19(15)18-9-5-4-7-16(13)18;;/h2-12H,1H3;2*1H4. The van der Waals surface area contributed by atoms with Gasteiger partial charge in [-0.25, -0.2) is 0 Å². The van der Waals surface area contributed by atoms with Crippen molar-refractivity contribution < 1.29 is 0 Å². The maximum absolute atomic E-state index is 2.30. The van der Waals surface area contributed by atoms with Crippen LogP contribution in [-0.4, -0.2) is 0 Å². The summed E-state index contributed by atoms with van der Waals surface area (Å²) in [6.45, 7) is 2.19. The zero-order valence-electron chi connectivity index (χ0n) is 10.9. The van der Waals surface area contributed by atoms with Crippen molar-refractivity contribution in [1.29, 1.82) is 0 Å². The molecule has 0 heteroatoms. The molecule has 21 heavy (non-hydrogen) atoms. The third-order valence-corrected chi connectivity index (χ3v) is 3.95. The molecule has 0 saturated heterocycles. The summed E-state index contributed by atoms with van der Waals surface area (Å²) in [5.74, 6) is 0. The lowest BCUT2D eigenvalue weighted by molar-refractivity contribution is 1.56. The summed E-state index contributed by atoms with van der Waals surface area (Å²) < 4.78 is 0. The van der Waals surface area contributed by atoms with Gasteiger partial charge in [0.25, 0.3) is 0 Å². The Morgan fingerprint density at radius 1 is 0.571 bits per heavy atom. The molecule has 0 aliphatic heterocycles. The molecule has 0 N–H and O–H groups in total. The van der Waals surface area contributed by atoms with Crippen molar-refractivity contribution in [2.75, 3.05) is 0 Å². The first-order valence-corrected chi connectivity index (χ1v) is 6.64. The Morgan fingerprint density at radius 2 is 1.14 bits per heavy atom. The van der Waals surface area contributed by atoms with Gasteiger partial charge in [-0.05, 0) is 44.8 Å². The van der Waals surface area contributed by atoms with Gasteiger partial charge in [-0.15, -0.1) is 0 Å². The van der Waals surface area contributed by atoms with Gasteiger partial charge in [0.05, 0.1) is 0 Å². The number of fused-ring (bicyclic) bond motifs is 5. The zero-order valence-corrected chi connectivity index (χ0v) is 10.9. The third kappa shape index (κ3) is 2.17. The molecule has 0 radical (unpaired) electrons. The Balaban J connectivity index is 0.000000807. The van der Waals surface area contributed by atoms with E-state index in [0.29, 0.717) is 0 Å². The molecule has 0 nitrogen and oxygen atoms in total. The summed E-state index contributed by atoms with van der Waals surface area (Å²) in [7, 11) is 0. The molecule has 0 fully saturated rings. The highest BCUT2D eigenvalue weighted by Gasteiger charge is 2.06. The van der Waals surface area contributed by atoms with Crippen LogP contribution >= 0.6 is 0 Å². The van der Waals surface area contributed by atoms with Gasteiger partial charge in [0.1, 0.15) is 0 Å². The Bertz CT molecular complexity index is 917. The van der Waals surface area contributed by atoms with Crippen LogP contribution in [0.2, 0.25) is 0 Å². The van der Waals surface area contributed by atoms with Crippen LogP contribution < -0.4 is 0 Å². The molecule has 0 aliphatic rings. The van der Waals surface area contributed by atoms with Crippen LogP contribution in [-0.2, 0) is 0 Å². The molecule has 4 aromatic carbocycles. The summed E-state index contributed by atoms with van der Waals surface area (Å²) in [6, 6.07) is 24.1. The second kappa shape index (κ2) is 5.57. The highest BCUT2D eigenvalue weighted by Crippen LogP contribution is 2.33. The van der Waals surface area contributed by atoms with Crippen molar-refractivity contribution in [2.45, 2.75) is 21.8 Å². The van der Waals surface area contributed by atoms with Gasteiger partial charge in [-0.3, -0.25) is 0 Å². The van der Waals surface area contributed by atoms with Crippen LogP contribution in [0, 0.1) is 6.92 Å². The average molecular weight is 274 g/mol. The van der Waals surface area contributed by atoms with E-state index in [2.05, 4.69) is 73.7 Å². The molecular weight excluding hydrogens is 252 g/mol. The zero-order chi connectivity index (χ0) is 12.8. The van der Waals surface area contributed by atoms with Crippen LogP contribution in [0.5, 0.6) is 0 Å². The Morgan fingerprint density at radius 3 is 1.90 bits per heavy atom. The van der Waals surface area contributed by atoms with Gasteiger partial charge in [0, 0.05) is 0 Å². The lowest BCUT2D eigenvalue weighted by Gasteiger charge is -2.10. The van der Waals surface area contributed by atoms with Crippen molar-refractivity contribution in [3.05, 3.63) is 72.3 Å². The summed E-state index contributed by atoms with van der Waals surface area (Å²) in [5.41, 5.74) is 1.35. The van der Waals surface area contributed by atoms with E-state index in [-0.39, 0.29) is 14.9 Å². The van der Waals surface area contributed by atoms with Crippen molar-refractivity contribution >= 4 is 32.3 Å². The van der Waals surface area contributed by atoms with Crippen LogP contribution in [0.1, 0.15) is 20.4 Å². The minimum absolute atomic E-state index is 0. The van der Waals surface area contributed by atoms with E-state index in [1.807, 2.05) is 0 Å². The predicted octanol–water partition coefficient (Wildman–Crippen LogP) is 6.73. The lowest BCUT2D eigenvalue weighted by Crippen LogP contribution is -1.84. The van der Waals surface area contributed by atoms with Crippen molar-refractivity contribution in [1.82, 2.24) is 0 Å². The first-order chi connectivity index (χ1) is 9.34. The topological polar surface area (TPSA) is 0 Å². The van der Waals surface area contributed by atoms with Crippen LogP contribution in [0.4, 0.5) is 0 Å². The number of hydrogen-bond donors (Lipinski definition) is 0. The van der Waals surface area contributed by atoms with Crippen molar-refractivity contribution in [2.24, 2.45) is 0 Å². The monoisotopic (exact) mass is 274 g/mol. The third-order valence-electron chi connectivity index (χ3n) is 3.95. The normalized spacial score (nSPS) is 10.3. The van der Waals surface area contributed by atoms with Crippen molar-refractivity contribution in [3.8, 4) is 0 Å². The van der Waals surface area contributed by atoms with E-state index >= 15 is 0 Å². The van der Waals surface area contributed by atoms with Gasteiger partial charge in [0.15, 0.2) is 0 Å². The number of hydrogen-bond acceptors (Lipinski definition) is 0. The van der Waals surface area contributed by atoms with Crippen LogP contribution in [0.3, 0.4) is 0 Å². The predicted molar refractivity (Wildman–Crippen MR) is 97.2 cm³/mol. The molecule has 0 amide bonds. The van der Waals surface area contributed by atoms with E-state index in [4.69, 9.17) is 0 Å². The fraction of sp³-hybridized carbons (Fsp3) is 0.143. The summed E-state index contributed by atoms with van der Waals surface area (Å²) in [5, 5.41) is 8.06. The molecule has 0 aliphatic carbocycles. The first-order valence-electron chi connectivity index (χ1n) is 6.64. The largest absolute Gasteiger partial charge is 0.0776 e. The number of benzene rings is 4. The van der Waals surface area contributed by atoms with E-state index in [1.165, 1.54) is 37.9 Å². The molecule has 0 bridgehead atoms. The summed E-state index contributed by atoms with van der Waals surface area (Å²) in [4.78, 5) is 0. The molecular formula is C21H22. The van der Waals surface area contributed by atoms with Crippen molar-refractivity contribution in [3.63, 3.8) is 0 Å². The second-order valence-corrected chi connectivity index (χ2v) is 5.12. The van der Waals surface area contributed by atoms with Crippen LogP contribution in [0.15, 0.2) is 66.7 Å². The minimum Gasteiger partial charge on any atom is -0.0776 e. The van der Waals surface area contributed by atoms with Gasteiger partial charge >= 0.3 is 0 Å². The SMILES string of the molecule is C.C.Cc1cc2ccc3ccccc3c2c2ccccc12. The molecule has 0 atom stereocenters. The van der Waals surface area contributed by atoms with Gasteiger partial charge in [0.2, 0.25) is 0 Å². The smallest absolute Gasteiger partial charge is 0.00266 e. The maximum atomic E-state index is 2.30. The molecule has 106 valence electrons. The van der Waals surface area contributed by atoms with E-state index in [0.717, 1.165) is 0 Å².